The minimum absolute atomic E-state index is 0.0298. The van der Waals surface area contributed by atoms with Crippen molar-refractivity contribution in [2.24, 2.45) is 0 Å². The van der Waals surface area contributed by atoms with Gasteiger partial charge in [0.25, 0.3) is 11.6 Å². The van der Waals surface area contributed by atoms with E-state index in [4.69, 9.17) is 27.6 Å². The van der Waals surface area contributed by atoms with E-state index in [0.717, 1.165) is 18.4 Å². The van der Waals surface area contributed by atoms with E-state index >= 15 is 0 Å². The molecule has 1 heterocycles. The van der Waals surface area contributed by atoms with Crippen molar-refractivity contribution in [1.82, 2.24) is 15.1 Å². The van der Waals surface area contributed by atoms with E-state index < -0.39 is 4.92 Å². The molecular formula is C19H14Cl2N4O4. The van der Waals surface area contributed by atoms with E-state index in [1.165, 1.54) is 18.2 Å². The van der Waals surface area contributed by atoms with Crippen LogP contribution in [-0.4, -0.2) is 32.0 Å². The van der Waals surface area contributed by atoms with Gasteiger partial charge in [-0.15, -0.1) is 10.2 Å². The highest BCUT2D eigenvalue weighted by molar-refractivity contribution is 6.34. The lowest BCUT2D eigenvalue weighted by Crippen LogP contribution is -2.33. The average molecular weight is 433 g/mol. The van der Waals surface area contributed by atoms with Crippen molar-refractivity contribution in [1.29, 1.82) is 0 Å². The van der Waals surface area contributed by atoms with E-state index in [1.807, 2.05) is 0 Å². The summed E-state index contributed by atoms with van der Waals surface area (Å²) in [4.78, 5) is 24.9. The standard InChI is InChI=1S/C19H14Cl2N4O4/c20-12-3-1-11(2-4-12)18-23-22-17(29-18)10-24(13-5-6-13)19(26)15-8-7-14(25(27)28)9-16(15)21/h1-4,7-9,13H,5-6,10H2. The van der Waals surface area contributed by atoms with Gasteiger partial charge >= 0.3 is 0 Å². The van der Waals surface area contributed by atoms with Crippen LogP contribution in [0.1, 0.15) is 29.1 Å². The molecule has 1 aliphatic rings. The molecule has 1 fully saturated rings. The molecule has 8 nitrogen and oxygen atoms in total. The third-order valence-electron chi connectivity index (χ3n) is 4.51. The van der Waals surface area contributed by atoms with Gasteiger partial charge in [0.1, 0.15) is 0 Å². The second kappa shape index (κ2) is 7.81. The van der Waals surface area contributed by atoms with Crippen LogP contribution in [0.15, 0.2) is 46.9 Å². The quantitative estimate of drug-likeness (QED) is 0.410. The zero-order valence-corrected chi connectivity index (χ0v) is 16.4. The summed E-state index contributed by atoms with van der Waals surface area (Å²) >= 11 is 12.0. The molecule has 3 aromatic rings. The van der Waals surface area contributed by atoms with Gasteiger partial charge in [-0.3, -0.25) is 14.9 Å². The molecule has 0 N–H and O–H groups in total. The second-order valence-corrected chi connectivity index (χ2v) is 7.44. The molecule has 0 saturated heterocycles. The number of hydrogen-bond acceptors (Lipinski definition) is 6. The molecule has 2 aromatic carbocycles. The first-order valence-corrected chi connectivity index (χ1v) is 9.51. The summed E-state index contributed by atoms with van der Waals surface area (Å²) in [5.74, 6) is 0.278. The normalized spacial score (nSPS) is 13.3. The highest BCUT2D eigenvalue weighted by Gasteiger charge is 2.35. The summed E-state index contributed by atoms with van der Waals surface area (Å²) in [6.07, 6.45) is 1.71. The average Bonchev–Trinajstić information content (AvgIpc) is 3.44. The zero-order chi connectivity index (χ0) is 20.5. The molecule has 0 atom stereocenters. The molecule has 4 rings (SSSR count). The molecule has 1 amide bonds. The fraction of sp³-hybridized carbons (Fsp3) is 0.211. The molecule has 29 heavy (non-hydrogen) atoms. The van der Waals surface area contributed by atoms with Gasteiger partial charge in [-0.05, 0) is 43.2 Å². The van der Waals surface area contributed by atoms with Gasteiger partial charge in [-0.1, -0.05) is 23.2 Å². The van der Waals surface area contributed by atoms with E-state index in [1.54, 1.807) is 29.2 Å². The van der Waals surface area contributed by atoms with Crippen LogP contribution in [-0.2, 0) is 6.54 Å². The molecular weight excluding hydrogens is 419 g/mol. The van der Waals surface area contributed by atoms with Crippen LogP contribution in [0.5, 0.6) is 0 Å². The summed E-state index contributed by atoms with van der Waals surface area (Å²) in [7, 11) is 0. The van der Waals surface area contributed by atoms with Crippen LogP contribution >= 0.6 is 23.2 Å². The SMILES string of the molecule is O=C(c1ccc([N+](=O)[O-])cc1Cl)N(Cc1nnc(-c2ccc(Cl)cc2)o1)C1CC1. The Balaban J connectivity index is 1.55. The zero-order valence-electron chi connectivity index (χ0n) is 14.9. The molecule has 0 radical (unpaired) electrons. The molecule has 148 valence electrons. The van der Waals surface area contributed by atoms with Gasteiger partial charge in [-0.2, -0.15) is 0 Å². The lowest BCUT2D eigenvalue weighted by molar-refractivity contribution is -0.384. The minimum atomic E-state index is -0.560. The third kappa shape index (κ3) is 4.23. The molecule has 0 bridgehead atoms. The number of aromatic nitrogens is 2. The highest BCUT2D eigenvalue weighted by atomic mass is 35.5. The van der Waals surface area contributed by atoms with Crippen LogP contribution in [0.2, 0.25) is 10.0 Å². The number of nitrogens with zero attached hydrogens (tertiary/aromatic N) is 4. The third-order valence-corrected chi connectivity index (χ3v) is 5.07. The molecule has 1 aliphatic carbocycles. The first kappa shape index (κ1) is 19.4. The van der Waals surface area contributed by atoms with Crippen molar-refractivity contribution >= 4 is 34.8 Å². The Morgan fingerprint density at radius 3 is 2.52 bits per heavy atom. The van der Waals surface area contributed by atoms with Crippen LogP contribution in [0, 0.1) is 10.1 Å². The Morgan fingerprint density at radius 1 is 1.17 bits per heavy atom. The van der Waals surface area contributed by atoms with Crippen molar-refractivity contribution in [3.05, 3.63) is 74.1 Å². The number of amides is 1. The summed E-state index contributed by atoms with van der Waals surface area (Å²) in [6.45, 7) is 0.122. The maximum atomic E-state index is 13.0. The number of nitro benzene ring substituents is 1. The maximum Gasteiger partial charge on any atom is 0.270 e. The van der Waals surface area contributed by atoms with Crippen molar-refractivity contribution in [3.8, 4) is 11.5 Å². The van der Waals surface area contributed by atoms with E-state index in [-0.39, 0.29) is 40.7 Å². The number of rotatable bonds is 6. The predicted molar refractivity (Wildman–Crippen MR) is 106 cm³/mol. The van der Waals surface area contributed by atoms with E-state index in [0.29, 0.717) is 10.9 Å². The first-order chi connectivity index (χ1) is 13.9. The lowest BCUT2D eigenvalue weighted by atomic mass is 10.1. The Bertz CT molecular complexity index is 1080. The van der Waals surface area contributed by atoms with Crippen molar-refractivity contribution in [3.63, 3.8) is 0 Å². The topological polar surface area (TPSA) is 102 Å². The molecule has 1 aromatic heterocycles. The molecule has 10 heteroatoms. The molecule has 0 unspecified atom stereocenters. The van der Waals surface area contributed by atoms with Crippen molar-refractivity contribution in [2.45, 2.75) is 25.4 Å². The lowest BCUT2D eigenvalue weighted by Gasteiger charge is -2.21. The van der Waals surface area contributed by atoms with Gasteiger partial charge in [0.05, 0.1) is 22.1 Å². The number of nitro groups is 1. The number of benzene rings is 2. The molecule has 0 aliphatic heterocycles. The number of carbonyl (C=O) groups is 1. The predicted octanol–water partition coefficient (Wildman–Crippen LogP) is 4.76. The summed E-state index contributed by atoms with van der Waals surface area (Å²) < 4.78 is 5.70. The van der Waals surface area contributed by atoms with Crippen LogP contribution in [0.25, 0.3) is 11.5 Å². The number of carbonyl (C=O) groups excluding carboxylic acids is 1. The van der Waals surface area contributed by atoms with E-state index in [2.05, 4.69) is 10.2 Å². The highest BCUT2D eigenvalue weighted by Crippen LogP contribution is 2.32. The summed E-state index contributed by atoms with van der Waals surface area (Å²) in [5, 5.41) is 19.6. The van der Waals surface area contributed by atoms with E-state index in [9.17, 15) is 14.9 Å². The Kier molecular flexibility index (Phi) is 5.21. The van der Waals surface area contributed by atoms with Gasteiger partial charge in [-0.25, -0.2) is 0 Å². The van der Waals surface area contributed by atoms with Crippen molar-refractivity contribution < 1.29 is 14.1 Å². The summed E-state index contributed by atoms with van der Waals surface area (Å²) in [5.41, 5.74) is 0.742. The van der Waals surface area contributed by atoms with Crippen LogP contribution in [0.4, 0.5) is 5.69 Å². The fourth-order valence-electron chi connectivity index (χ4n) is 2.87. The van der Waals surface area contributed by atoms with Crippen LogP contribution in [0.3, 0.4) is 0 Å². The second-order valence-electron chi connectivity index (χ2n) is 6.59. The van der Waals surface area contributed by atoms with Gasteiger partial charge in [0.2, 0.25) is 11.8 Å². The fourth-order valence-corrected chi connectivity index (χ4v) is 3.25. The van der Waals surface area contributed by atoms with Gasteiger partial charge in [0.15, 0.2) is 0 Å². The monoisotopic (exact) mass is 432 g/mol. The van der Waals surface area contributed by atoms with Gasteiger partial charge < -0.3 is 9.32 Å². The smallest absolute Gasteiger partial charge is 0.270 e. The minimum Gasteiger partial charge on any atom is -0.419 e. The molecule has 0 spiro atoms. The maximum absolute atomic E-state index is 13.0. The largest absolute Gasteiger partial charge is 0.419 e. The number of non-ortho nitro benzene ring substituents is 1. The van der Waals surface area contributed by atoms with Crippen LogP contribution < -0.4 is 0 Å². The number of hydrogen-bond donors (Lipinski definition) is 0. The summed E-state index contributed by atoms with van der Waals surface area (Å²) in [6, 6.07) is 10.8. The molecule has 1 saturated carbocycles. The Labute approximate surface area is 175 Å². The number of halogens is 2. The Hall–Kier alpha value is -2.97. The van der Waals surface area contributed by atoms with Crippen molar-refractivity contribution in [2.75, 3.05) is 0 Å². The van der Waals surface area contributed by atoms with Gasteiger partial charge in [0, 0.05) is 28.8 Å². The first-order valence-electron chi connectivity index (χ1n) is 8.75. The Morgan fingerprint density at radius 2 is 1.90 bits per heavy atom.